The Morgan fingerprint density at radius 1 is 0.692 bits per heavy atom. The van der Waals surface area contributed by atoms with Gasteiger partial charge in [0, 0.05) is 19.5 Å². The standard InChI is InChI=1S/C21H21ClN2O3S.C10H14.Ru/c1-27-18-12-14-19(15-13-18)28(25,26)24-21(17-10-6-3-7-11-17)20(23-22)16-8-4-2-5-9-16;1-8(2)10-6-4-9(3)5-7-10;/h2-15,20-21,23-24H,1H3;4-8H,1-3H3;/t20-,21-;;/m1../s1. The minimum absolute atomic E-state index is 0. The first-order chi connectivity index (χ1) is 18.2. The summed E-state index contributed by atoms with van der Waals surface area (Å²) in [7, 11) is -2.27. The van der Waals surface area contributed by atoms with Gasteiger partial charge in [0.1, 0.15) is 5.75 Å². The van der Waals surface area contributed by atoms with Gasteiger partial charge in [-0.05, 0) is 65.6 Å². The van der Waals surface area contributed by atoms with Crippen LogP contribution in [0.15, 0.2) is 114 Å². The van der Waals surface area contributed by atoms with Crippen molar-refractivity contribution in [2.75, 3.05) is 7.11 Å². The van der Waals surface area contributed by atoms with Crippen molar-refractivity contribution < 1.29 is 32.6 Å². The van der Waals surface area contributed by atoms with E-state index in [1.54, 1.807) is 12.1 Å². The molecule has 5 nitrogen and oxygen atoms in total. The Kier molecular flexibility index (Phi) is 13.3. The molecule has 0 saturated heterocycles. The molecule has 4 rings (SSSR count). The van der Waals surface area contributed by atoms with E-state index in [0.29, 0.717) is 11.7 Å². The Bertz CT molecular complexity index is 1350. The molecule has 208 valence electrons. The van der Waals surface area contributed by atoms with Crippen molar-refractivity contribution in [3.63, 3.8) is 0 Å². The predicted molar refractivity (Wildman–Crippen MR) is 156 cm³/mol. The second kappa shape index (κ2) is 15.9. The first-order valence-electron chi connectivity index (χ1n) is 12.4. The fourth-order valence-electron chi connectivity index (χ4n) is 3.91. The maximum atomic E-state index is 13.0. The van der Waals surface area contributed by atoms with E-state index in [9.17, 15) is 8.42 Å². The fourth-order valence-corrected chi connectivity index (χ4v) is 5.40. The number of ether oxygens (including phenoxy) is 1. The number of aryl methyl sites for hydroxylation is 1. The quantitative estimate of drug-likeness (QED) is 0.147. The van der Waals surface area contributed by atoms with Gasteiger partial charge in [0.05, 0.1) is 24.1 Å². The summed E-state index contributed by atoms with van der Waals surface area (Å²) in [4.78, 5) is 2.88. The molecule has 39 heavy (non-hydrogen) atoms. The van der Waals surface area contributed by atoms with Gasteiger partial charge >= 0.3 is 0 Å². The zero-order valence-electron chi connectivity index (χ0n) is 22.5. The Morgan fingerprint density at radius 3 is 1.62 bits per heavy atom. The van der Waals surface area contributed by atoms with Gasteiger partial charge in [-0.15, -0.1) is 0 Å². The Hall–Kier alpha value is -2.54. The summed E-state index contributed by atoms with van der Waals surface area (Å²) in [6.45, 7) is 6.54. The van der Waals surface area contributed by atoms with E-state index in [1.807, 2.05) is 60.7 Å². The van der Waals surface area contributed by atoms with E-state index < -0.39 is 22.1 Å². The van der Waals surface area contributed by atoms with Crippen molar-refractivity contribution in [2.45, 2.75) is 43.7 Å². The van der Waals surface area contributed by atoms with Gasteiger partial charge in [0.15, 0.2) is 0 Å². The summed E-state index contributed by atoms with van der Waals surface area (Å²) in [5, 5.41) is 0. The summed E-state index contributed by atoms with van der Waals surface area (Å²) in [5.74, 6) is 1.24. The normalized spacial score (nSPS) is 12.5. The summed E-state index contributed by atoms with van der Waals surface area (Å²) >= 11 is 6.06. The van der Waals surface area contributed by atoms with Gasteiger partial charge in [-0.2, -0.15) is 0 Å². The van der Waals surface area contributed by atoms with Gasteiger partial charge in [-0.1, -0.05) is 104 Å². The van der Waals surface area contributed by atoms with Gasteiger partial charge in [0.25, 0.3) is 0 Å². The van der Waals surface area contributed by atoms with Crippen molar-refractivity contribution in [3.8, 4) is 5.75 Å². The third-order valence-electron chi connectivity index (χ3n) is 6.16. The monoisotopic (exact) mass is 652 g/mol. The molecule has 0 aromatic heterocycles. The molecule has 2 atom stereocenters. The summed E-state index contributed by atoms with van der Waals surface area (Å²) < 4.78 is 34.0. The van der Waals surface area contributed by atoms with Crippen molar-refractivity contribution in [3.05, 3.63) is 131 Å². The molecule has 0 aliphatic heterocycles. The number of hydrogen-bond acceptors (Lipinski definition) is 4. The summed E-state index contributed by atoms with van der Waals surface area (Å²) in [5.41, 5.74) is 4.42. The number of hydrogen-bond donors (Lipinski definition) is 2. The molecule has 0 bridgehead atoms. The van der Waals surface area contributed by atoms with Gasteiger partial charge < -0.3 is 4.74 Å². The van der Waals surface area contributed by atoms with E-state index in [-0.39, 0.29) is 24.4 Å². The minimum Gasteiger partial charge on any atom is -0.497 e. The van der Waals surface area contributed by atoms with Crippen LogP contribution >= 0.6 is 11.8 Å². The molecule has 2 N–H and O–H groups in total. The van der Waals surface area contributed by atoms with Crippen LogP contribution in [0, 0.1) is 6.92 Å². The Labute approximate surface area is 250 Å². The molecule has 0 aliphatic carbocycles. The Morgan fingerprint density at radius 2 is 1.18 bits per heavy atom. The predicted octanol–water partition coefficient (Wildman–Crippen LogP) is 7.32. The van der Waals surface area contributed by atoms with Crippen LogP contribution in [-0.4, -0.2) is 15.5 Å². The van der Waals surface area contributed by atoms with E-state index in [0.717, 1.165) is 11.1 Å². The van der Waals surface area contributed by atoms with Crippen LogP contribution in [0.1, 0.15) is 54.1 Å². The van der Waals surface area contributed by atoms with Gasteiger partial charge in [0.2, 0.25) is 10.0 Å². The number of methoxy groups -OCH3 is 1. The second-order valence-electron chi connectivity index (χ2n) is 9.25. The average Bonchev–Trinajstić information content (AvgIpc) is 2.94. The van der Waals surface area contributed by atoms with E-state index >= 15 is 0 Å². The maximum Gasteiger partial charge on any atom is 0.241 e. The fraction of sp³-hybridized carbons (Fsp3) is 0.226. The molecule has 8 heteroatoms. The van der Waals surface area contributed by atoms with Crippen LogP contribution < -0.4 is 14.3 Å². The number of rotatable bonds is 9. The van der Waals surface area contributed by atoms with Crippen molar-refractivity contribution >= 4 is 21.8 Å². The third kappa shape index (κ3) is 9.56. The second-order valence-corrected chi connectivity index (χ2v) is 11.2. The molecule has 0 spiro atoms. The molecule has 0 amide bonds. The van der Waals surface area contributed by atoms with Crippen LogP contribution in [0.4, 0.5) is 0 Å². The maximum absolute atomic E-state index is 13.0. The molecule has 0 heterocycles. The molecule has 0 fully saturated rings. The molecule has 0 unspecified atom stereocenters. The number of halogens is 1. The average molecular weight is 652 g/mol. The van der Waals surface area contributed by atoms with Crippen LogP contribution in [-0.2, 0) is 29.5 Å². The zero-order valence-corrected chi connectivity index (χ0v) is 25.8. The molecule has 0 aliphatic rings. The topological polar surface area (TPSA) is 67.4 Å². The van der Waals surface area contributed by atoms with Gasteiger partial charge in [-0.25, -0.2) is 18.0 Å². The number of sulfonamides is 1. The smallest absolute Gasteiger partial charge is 0.241 e. The summed E-state index contributed by atoms with van der Waals surface area (Å²) in [6.07, 6.45) is 0. The SMILES string of the molecule is COc1ccc(S(=O)(=O)N[C@H](c2ccccc2)[C@H](NCl)c2ccccc2)cc1.Cc1ccc(C(C)C)cc1.[Ru]. The molecular weight excluding hydrogens is 617 g/mol. The van der Waals surface area contributed by atoms with Crippen LogP contribution in [0.3, 0.4) is 0 Å². The Balaban J connectivity index is 0.000000410. The van der Waals surface area contributed by atoms with Crippen LogP contribution in [0.25, 0.3) is 0 Å². The largest absolute Gasteiger partial charge is 0.497 e. The number of benzene rings is 4. The first kappa shape index (κ1) is 32.7. The van der Waals surface area contributed by atoms with Crippen LogP contribution in [0.5, 0.6) is 5.75 Å². The molecular formula is C31H35ClN2O3RuS. The van der Waals surface area contributed by atoms with E-state index in [4.69, 9.17) is 16.5 Å². The molecule has 0 saturated carbocycles. The van der Waals surface area contributed by atoms with Crippen molar-refractivity contribution in [2.24, 2.45) is 0 Å². The summed E-state index contributed by atoms with van der Waals surface area (Å²) in [6, 6.07) is 32.7. The van der Waals surface area contributed by atoms with Crippen molar-refractivity contribution in [1.29, 1.82) is 0 Å². The molecule has 4 aromatic carbocycles. The number of nitrogens with one attached hydrogen (secondary N) is 2. The third-order valence-corrected chi connectivity index (χ3v) is 7.86. The molecule has 0 radical (unpaired) electrons. The van der Waals surface area contributed by atoms with Crippen molar-refractivity contribution in [1.82, 2.24) is 9.56 Å². The van der Waals surface area contributed by atoms with Gasteiger partial charge in [-0.3, -0.25) is 0 Å². The minimum atomic E-state index is -3.80. The zero-order chi connectivity index (χ0) is 27.5. The van der Waals surface area contributed by atoms with E-state index in [1.165, 1.54) is 30.4 Å². The molecule has 4 aromatic rings. The van der Waals surface area contributed by atoms with E-state index in [2.05, 4.69) is 54.6 Å². The van der Waals surface area contributed by atoms with Crippen LogP contribution in [0.2, 0.25) is 0 Å². The first-order valence-corrected chi connectivity index (χ1v) is 14.3.